The number of methoxy groups -OCH3 is 1. The number of rotatable bonds is 6. The van der Waals surface area contributed by atoms with E-state index in [4.69, 9.17) is 14.6 Å². The molecule has 0 unspecified atom stereocenters. The minimum Gasteiger partial charge on any atom is -0.494 e. The fourth-order valence-electron chi connectivity index (χ4n) is 1.86. The first-order chi connectivity index (χ1) is 10.1. The van der Waals surface area contributed by atoms with Crippen LogP contribution in [0.25, 0.3) is 0 Å². The maximum Gasteiger partial charge on any atom is 0.307 e. The summed E-state index contributed by atoms with van der Waals surface area (Å²) in [5.41, 5.74) is 1.08. The van der Waals surface area contributed by atoms with Gasteiger partial charge in [-0.3, -0.25) is 4.79 Å². The molecule has 0 atom stereocenters. The molecular formula is C16H15FO4. The Hall–Kier alpha value is -2.56. The van der Waals surface area contributed by atoms with Gasteiger partial charge in [-0.2, -0.15) is 0 Å². The molecule has 21 heavy (non-hydrogen) atoms. The van der Waals surface area contributed by atoms with E-state index in [9.17, 15) is 9.18 Å². The summed E-state index contributed by atoms with van der Waals surface area (Å²) in [6, 6.07) is 11.5. The smallest absolute Gasteiger partial charge is 0.307 e. The van der Waals surface area contributed by atoms with Gasteiger partial charge in [0.1, 0.15) is 12.4 Å². The largest absolute Gasteiger partial charge is 0.494 e. The number of hydrogen-bond donors (Lipinski definition) is 1. The molecule has 0 aliphatic carbocycles. The van der Waals surface area contributed by atoms with E-state index in [0.717, 1.165) is 0 Å². The highest BCUT2D eigenvalue weighted by Gasteiger charge is 2.09. The lowest BCUT2D eigenvalue weighted by atomic mass is 10.1. The highest BCUT2D eigenvalue weighted by molar-refractivity contribution is 5.70. The zero-order valence-electron chi connectivity index (χ0n) is 11.5. The van der Waals surface area contributed by atoms with Crippen LogP contribution in [0, 0.1) is 5.82 Å². The number of aliphatic carboxylic acids is 1. The summed E-state index contributed by atoms with van der Waals surface area (Å²) >= 11 is 0. The average Bonchev–Trinajstić information content (AvgIpc) is 2.47. The normalized spacial score (nSPS) is 10.2. The Balaban J connectivity index is 2.01. The van der Waals surface area contributed by atoms with E-state index in [0.29, 0.717) is 16.9 Å². The van der Waals surface area contributed by atoms with Crippen molar-refractivity contribution in [3.05, 3.63) is 59.4 Å². The second kappa shape index (κ2) is 6.74. The van der Waals surface area contributed by atoms with Crippen LogP contribution in [-0.4, -0.2) is 18.2 Å². The zero-order chi connectivity index (χ0) is 15.2. The monoisotopic (exact) mass is 290 g/mol. The van der Waals surface area contributed by atoms with Crippen LogP contribution < -0.4 is 9.47 Å². The Labute approximate surface area is 121 Å². The molecule has 0 saturated carbocycles. The number of carbonyl (C=O) groups is 1. The van der Waals surface area contributed by atoms with E-state index >= 15 is 0 Å². The van der Waals surface area contributed by atoms with Crippen LogP contribution in [0.5, 0.6) is 11.5 Å². The fourth-order valence-corrected chi connectivity index (χ4v) is 1.86. The maximum absolute atomic E-state index is 13.9. The van der Waals surface area contributed by atoms with Gasteiger partial charge in [-0.25, -0.2) is 4.39 Å². The first-order valence-corrected chi connectivity index (χ1v) is 6.35. The third-order valence-electron chi connectivity index (χ3n) is 2.94. The summed E-state index contributed by atoms with van der Waals surface area (Å²) in [5, 5.41) is 8.68. The molecular weight excluding hydrogens is 275 g/mol. The number of carboxylic acids is 1. The number of ether oxygens (including phenoxy) is 2. The topological polar surface area (TPSA) is 55.8 Å². The molecule has 0 amide bonds. The molecule has 4 nitrogen and oxygen atoms in total. The third kappa shape index (κ3) is 3.95. The van der Waals surface area contributed by atoms with Crippen molar-refractivity contribution in [3.8, 4) is 11.5 Å². The van der Waals surface area contributed by atoms with Crippen LogP contribution in [-0.2, 0) is 17.8 Å². The summed E-state index contributed by atoms with van der Waals surface area (Å²) in [5.74, 6) is -0.608. The molecule has 0 saturated heterocycles. The summed E-state index contributed by atoms with van der Waals surface area (Å²) in [4.78, 5) is 10.6. The predicted octanol–water partition coefficient (Wildman–Crippen LogP) is 3.04. The zero-order valence-corrected chi connectivity index (χ0v) is 11.5. The summed E-state index contributed by atoms with van der Waals surface area (Å²) in [6.07, 6.45) is -0.0369. The SMILES string of the molecule is COc1cccc(COc2ccc(CC(=O)O)cc2)c1F. The van der Waals surface area contributed by atoms with E-state index in [1.54, 1.807) is 42.5 Å². The molecule has 2 aromatic carbocycles. The van der Waals surface area contributed by atoms with Crippen LogP contribution in [0.1, 0.15) is 11.1 Å². The van der Waals surface area contributed by atoms with Crippen molar-refractivity contribution in [2.45, 2.75) is 13.0 Å². The number of halogens is 1. The number of benzene rings is 2. The molecule has 110 valence electrons. The van der Waals surface area contributed by atoms with Gasteiger partial charge in [0.25, 0.3) is 0 Å². The van der Waals surface area contributed by atoms with Gasteiger partial charge < -0.3 is 14.6 Å². The minimum absolute atomic E-state index is 0.0369. The molecule has 0 heterocycles. The fraction of sp³-hybridized carbons (Fsp3) is 0.188. The van der Waals surface area contributed by atoms with Crippen molar-refractivity contribution in [2.75, 3.05) is 7.11 Å². The molecule has 0 aliphatic rings. The Morgan fingerprint density at radius 2 is 1.90 bits per heavy atom. The van der Waals surface area contributed by atoms with Crippen LogP contribution in [0.4, 0.5) is 4.39 Å². The lowest BCUT2D eigenvalue weighted by molar-refractivity contribution is -0.136. The maximum atomic E-state index is 13.9. The van der Waals surface area contributed by atoms with Gasteiger partial charge in [0.2, 0.25) is 0 Å². The van der Waals surface area contributed by atoms with Gasteiger partial charge in [-0.15, -0.1) is 0 Å². The highest BCUT2D eigenvalue weighted by atomic mass is 19.1. The molecule has 0 aromatic heterocycles. The number of hydrogen-bond acceptors (Lipinski definition) is 3. The Morgan fingerprint density at radius 3 is 2.52 bits per heavy atom. The summed E-state index contributed by atoms with van der Waals surface area (Å²) in [7, 11) is 1.41. The second-order valence-corrected chi connectivity index (χ2v) is 4.44. The summed E-state index contributed by atoms with van der Waals surface area (Å²) in [6.45, 7) is 0.0707. The van der Waals surface area contributed by atoms with Crippen LogP contribution in [0.3, 0.4) is 0 Å². The first-order valence-electron chi connectivity index (χ1n) is 6.35. The second-order valence-electron chi connectivity index (χ2n) is 4.44. The number of carboxylic acid groups (broad SMARTS) is 1. The lowest BCUT2D eigenvalue weighted by Gasteiger charge is -2.09. The van der Waals surface area contributed by atoms with Gasteiger partial charge >= 0.3 is 5.97 Å². The standard InChI is InChI=1S/C16H15FO4/c1-20-14-4-2-3-12(16(14)17)10-21-13-7-5-11(6-8-13)9-15(18)19/h2-8H,9-10H2,1H3,(H,18,19). The molecule has 2 aromatic rings. The minimum atomic E-state index is -0.887. The van der Waals surface area contributed by atoms with Crippen molar-refractivity contribution in [1.29, 1.82) is 0 Å². The van der Waals surface area contributed by atoms with Gasteiger partial charge in [0.05, 0.1) is 13.5 Å². The Kier molecular flexibility index (Phi) is 4.77. The van der Waals surface area contributed by atoms with Gasteiger partial charge in [0, 0.05) is 5.56 Å². The molecule has 0 radical (unpaired) electrons. The van der Waals surface area contributed by atoms with Gasteiger partial charge in [-0.1, -0.05) is 24.3 Å². The van der Waals surface area contributed by atoms with Crippen molar-refractivity contribution in [3.63, 3.8) is 0 Å². The van der Waals surface area contributed by atoms with E-state index in [1.165, 1.54) is 7.11 Å². The van der Waals surface area contributed by atoms with Crippen molar-refractivity contribution < 1.29 is 23.8 Å². The van der Waals surface area contributed by atoms with Gasteiger partial charge in [-0.05, 0) is 23.8 Å². The van der Waals surface area contributed by atoms with Crippen molar-refractivity contribution in [2.24, 2.45) is 0 Å². The van der Waals surface area contributed by atoms with Crippen molar-refractivity contribution in [1.82, 2.24) is 0 Å². The predicted molar refractivity (Wildman–Crippen MR) is 75.1 cm³/mol. The van der Waals surface area contributed by atoms with Gasteiger partial charge in [0.15, 0.2) is 11.6 Å². The van der Waals surface area contributed by atoms with Crippen LogP contribution >= 0.6 is 0 Å². The quantitative estimate of drug-likeness (QED) is 0.888. The molecule has 1 N–H and O–H groups in total. The molecule has 0 aliphatic heterocycles. The summed E-state index contributed by atoms with van der Waals surface area (Å²) < 4.78 is 24.3. The van der Waals surface area contributed by atoms with E-state index in [-0.39, 0.29) is 18.8 Å². The lowest BCUT2D eigenvalue weighted by Crippen LogP contribution is -2.01. The van der Waals surface area contributed by atoms with E-state index in [1.807, 2.05) is 0 Å². The van der Waals surface area contributed by atoms with Crippen LogP contribution in [0.15, 0.2) is 42.5 Å². The Morgan fingerprint density at radius 1 is 1.19 bits per heavy atom. The molecule has 2 rings (SSSR count). The highest BCUT2D eigenvalue weighted by Crippen LogP contribution is 2.22. The molecule has 0 fully saturated rings. The van der Waals surface area contributed by atoms with Crippen LogP contribution in [0.2, 0.25) is 0 Å². The van der Waals surface area contributed by atoms with E-state index in [2.05, 4.69) is 0 Å². The van der Waals surface area contributed by atoms with E-state index < -0.39 is 11.8 Å². The molecule has 0 bridgehead atoms. The molecule has 0 spiro atoms. The van der Waals surface area contributed by atoms with Crippen molar-refractivity contribution >= 4 is 5.97 Å². The Bertz CT molecular complexity index is 623. The average molecular weight is 290 g/mol. The third-order valence-corrected chi connectivity index (χ3v) is 2.94. The first kappa shape index (κ1) is 14.8. The molecule has 5 heteroatoms.